The Bertz CT molecular complexity index is 1040. The first-order valence-corrected chi connectivity index (χ1v) is 8.58. The summed E-state index contributed by atoms with van der Waals surface area (Å²) < 4.78 is 16.2. The van der Waals surface area contributed by atoms with Crippen molar-refractivity contribution in [1.29, 1.82) is 0 Å². The van der Waals surface area contributed by atoms with E-state index in [-0.39, 0.29) is 12.4 Å². The summed E-state index contributed by atoms with van der Waals surface area (Å²) in [5.74, 6) is 0.265. The molecule has 0 unspecified atom stereocenters. The topological polar surface area (TPSA) is 74.7 Å². The third-order valence-electron chi connectivity index (χ3n) is 4.26. The van der Waals surface area contributed by atoms with Crippen LogP contribution in [0.2, 0.25) is 0 Å². The van der Waals surface area contributed by atoms with Crippen LogP contribution in [0, 0.1) is 6.92 Å². The van der Waals surface area contributed by atoms with Crippen LogP contribution in [0.5, 0.6) is 11.5 Å². The van der Waals surface area contributed by atoms with Crippen LogP contribution in [0.25, 0.3) is 10.9 Å². The highest BCUT2D eigenvalue weighted by Crippen LogP contribution is 2.31. The summed E-state index contributed by atoms with van der Waals surface area (Å²) in [5, 5.41) is 0.694. The van der Waals surface area contributed by atoms with Crippen molar-refractivity contribution in [3.63, 3.8) is 0 Å². The molecule has 0 bridgehead atoms. The molecule has 136 valence electrons. The summed E-state index contributed by atoms with van der Waals surface area (Å²) in [6, 6.07) is 13.9. The monoisotopic (exact) mass is 363 g/mol. The molecule has 6 nitrogen and oxygen atoms in total. The van der Waals surface area contributed by atoms with E-state index in [1.807, 2.05) is 25.1 Å². The molecule has 2 aromatic carbocycles. The van der Waals surface area contributed by atoms with Crippen LogP contribution in [0.3, 0.4) is 0 Å². The Hall–Kier alpha value is -3.41. The fourth-order valence-electron chi connectivity index (χ4n) is 2.99. The minimum absolute atomic E-state index is 0.310. The van der Waals surface area contributed by atoms with Crippen molar-refractivity contribution >= 4 is 22.7 Å². The van der Waals surface area contributed by atoms with E-state index in [0.717, 1.165) is 0 Å². The maximum Gasteiger partial charge on any atom is 0.339 e. The molecule has 6 heteroatoms. The van der Waals surface area contributed by atoms with Crippen molar-refractivity contribution in [3.8, 4) is 11.5 Å². The average molecular weight is 363 g/mol. The minimum atomic E-state index is -0.553. The second-order valence-electron chi connectivity index (χ2n) is 6.19. The number of pyridine rings is 1. The maximum atomic E-state index is 12.5. The van der Waals surface area contributed by atoms with Crippen LogP contribution >= 0.6 is 0 Å². The van der Waals surface area contributed by atoms with Crippen molar-refractivity contribution in [2.24, 2.45) is 0 Å². The molecule has 27 heavy (non-hydrogen) atoms. The lowest BCUT2D eigenvalue weighted by atomic mass is 10.1. The van der Waals surface area contributed by atoms with Gasteiger partial charge >= 0.3 is 5.97 Å². The molecular weight excluding hydrogens is 346 g/mol. The van der Waals surface area contributed by atoms with Crippen molar-refractivity contribution in [1.82, 2.24) is 4.98 Å². The number of carbonyl (C=O) groups excluding carboxylic acids is 2. The number of rotatable bonds is 4. The van der Waals surface area contributed by atoms with E-state index in [0.29, 0.717) is 52.4 Å². The molecular formula is C21H17NO5. The molecule has 0 radical (unpaired) electrons. The molecule has 0 atom stereocenters. The van der Waals surface area contributed by atoms with E-state index in [2.05, 4.69) is 4.98 Å². The van der Waals surface area contributed by atoms with Gasteiger partial charge in [-0.25, -0.2) is 4.79 Å². The van der Waals surface area contributed by atoms with Crippen LogP contribution in [0.15, 0.2) is 48.5 Å². The number of para-hydroxylation sites is 1. The first-order chi connectivity index (χ1) is 13.1. The van der Waals surface area contributed by atoms with Crippen LogP contribution in [0.4, 0.5) is 0 Å². The molecule has 0 fully saturated rings. The zero-order chi connectivity index (χ0) is 18.8. The van der Waals surface area contributed by atoms with Crippen molar-refractivity contribution in [2.45, 2.75) is 6.92 Å². The number of carbonyl (C=O) groups is 2. The lowest BCUT2D eigenvalue weighted by molar-refractivity contribution is 0.0476. The van der Waals surface area contributed by atoms with Crippen molar-refractivity contribution in [3.05, 3.63) is 65.4 Å². The number of aryl methyl sites for hydroxylation is 1. The SMILES string of the molecule is Cc1cc(C(=O)OCC(=O)c2ccc3c(c2)OCCO3)c2ccccc2n1. The van der Waals surface area contributed by atoms with E-state index >= 15 is 0 Å². The highest BCUT2D eigenvalue weighted by atomic mass is 16.6. The molecule has 1 aliphatic rings. The van der Waals surface area contributed by atoms with Crippen LogP contribution in [0.1, 0.15) is 26.4 Å². The fraction of sp³-hybridized carbons (Fsp3) is 0.190. The smallest absolute Gasteiger partial charge is 0.339 e. The van der Waals surface area contributed by atoms with E-state index in [1.165, 1.54) is 0 Å². The first kappa shape index (κ1) is 17.0. The minimum Gasteiger partial charge on any atom is -0.486 e. The molecule has 0 spiro atoms. The van der Waals surface area contributed by atoms with Crippen LogP contribution < -0.4 is 9.47 Å². The molecule has 2 heterocycles. The largest absolute Gasteiger partial charge is 0.486 e. The van der Waals surface area contributed by atoms with E-state index in [4.69, 9.17) is 14.2 Å². The van der Waals surface area contributed by atoms with Crippen molar-refractivity contribution < 1.29 is 23.8 Å². The number of fused-ring (bicyclic) bond motifs is 2. The zero-order valence-corrected chi connectivity index (χ0v) is 14.7. The number of benzene rings is 2. The quantitative estimate of drug-likeness (QED) is 0.523. The maximum absolute atomic E-state index is 12.5. The summed E-state index contributed by atoms with van der Waals surface area (Å²) in [5.41, 5.74) is 2.22. The number of nitrogens with zero attached hydrogens (tertiary/aromatic N) is 1. The standard InChI is InChI=1S/C21H17NO5/c1-13-10-16(15-4-2-3-5-17(15)22-13)21(24)27-12-18(23)14-6-7-19-20(11-14)26-9-8-25-19/h2-7,10-11H,8-9,12H2,1H3. The molecule has 1 aromatic heterocycles. The van der Waals surface area contributed by atoms with E-state index < -0.39 is 5.97 Å². The van der Waals surface area contributed by atoms with Crippen LogP contribution in [-0.2, 0) is 4.74 Å². The first-order valence-electron chi connectivity index (χ1n) is 8.58. The number of ketones is 1. The lowest BCUT2D eigenvalue weighted by Gasteiger charge is -2.18. The Kier molecular flexibility index (Phi) is 4.46. The summed E-state index contributed by atoms with van der Waals surface area (Å²) in [6.07, 6.45) is 0. The molecule has 0 saturated carbocycles. The highest BCUT2D eigenvalue weighted by Gasteiger charge is 2.18. The Morgan fingerprint density at radius 1 is 1.04 bits per heavy atom. The number of hydrogen-bond donors (Lipinski definition) is 0. The molecule has 0 amide bonds. The van der Waals surface area contributed by atoms with Gasteiger partial charge in [-0.15, -0.1) is 0 Å². The molecule has 0 saturated heterocycles. The predicted molar refractivity (Wildman–Crippen MR) is 98.5 cm³/mol. The van der Waals surface area contributed by atoms with Gasteiger partial charge in [0.1, 0.15) is 13.2 Å². The molecule has 1 aliphatic heterocycles. The Morgan fingerprint density at radius 2 is 1.81 bits per heavy atom. The van der Waals surface area contributed by atoms with Gasteiger partial charge in [0.15, 0.2) is 23.9 Å². The van der Waals surface area contributed by atoms with E-state index in [9.17, 15) is 9.59 Å². The molecule has 0 N–H and O–H groups in total. The van der Waals surface area contributed by atoms with Gasteiger partial charge in [-0.2, -0.15) is 0 Å². The third-order valence-corrected chi connectivity index (χ3v) is 4.26. The van der Waals surface area contributed by atoms with Gasteiger partial charge in [-0.3, -0.25) is 9.78 Å². The van der Waals surface area contributed by atoms with Gasteiger partial charge in [0.2, 0.25) is 0 Å². The van der Waals surface area contributed by atoms with E-state index in [1.54, 1.807) is 30.3 Å². The van der Waals surface area contributed by atoms with Crippen LogP contribution in [-0.4, -0.2) is 36.6 Å². The van der Waals surface area contributed by atoms with Gasteiger partial charge in [0.25, 0.3) is 0 Å². The number of esters is 1. The Balaban J connectivity index is 1.50. The third kappa shape index (κ3) is 3.46. The lowest BCUT2D eigenvalue weighted by Crippen LogP contribution is -2.17. The normalized spacial score (nSPS) is 12.6. The average Bonchev–Trinajstić information content (AvgIpc) is 2.70. The Morgan fingerprint density at radius 3 is 2.67 bits per heavy atom. The molecule has 4 rings (SSSR count). The highest BCUT2D eigenvalue weighted by molar-refractivity contribution is 6.05. The van der Waals surface area contributed by atoms with Gasteiger partial charge in [-0.05, 0) is 37.3 Å². The summed E-state index contributed by atoms with van der Waals surface area (Å²) >= 11 is 0. The fourth-order valence-corrected chi connectivity index (χ4v) is 2.99. The number of ether oxygens (including phenoxy) is 3. The van der Waals surface area contributed by atoms with Gasteiger partial charge < -0.3 is 14.2 Å². The van der Waals surface area contributed by atoms with Gasteiger partial charge in [0.05, 0.1) is 11.1 Å². The summed E-state index contributed by atoms with van der Waals surface area (Å²) in [4.78, 5) is 29.3. The molecule has 0 aliphatic carbocycles. The predicted octanol–water partition coefficient (Wildman–Crippen LogP) is 3.35. The Labute approximate surface area is 155 Å². The number of hydrogen-bond acceptors (Lipinski definition) is 6. The summed E-state index contributed by atoms with van der Waals surface area (Å²) in [7, 11) is 0. The summed E-state index contributed by atoms with van der Waals surface area (Å²) in [6.45, 7) is 2.38. The second-order valence-corrected chi connectivity index (χ2v) is 6.19. The van der Waals surface area contributed by atoms with Gasteiger partial charge in [0, 0.05) is 16.6 Å². The van der Waals surface area contributed by atoms with Crippen molar-refractivity contribution in [2.75, 3.05) is 19.8 Å². The second kappa shape index (κ2) is 7.07. The number of Topliss-reactive ketones (excluding diaryl/α,β-unsaturated/α-hetero) is 1. The molecule has 3 aromatic rings. The van der Waals surface area contributed by atoms with Gasteiger partial charge in [-0.1, -0.05) is 18.2 Å². The zero-order valence-electron chi connectivity index (χ0n) is 14.7. The number of aromatic nitrogens is 1.